The van der Waals surface area contributed by atoms with Gasteiger partial charge in [-0.05, 0) is 18.1 Å². The summed E-state index contributed by atoms with van der Waals surface area (Å²) in [6, 6.07) is 5.01. The molecule has 2 aromatic rings. The number of carbonyl (C=O) groups excluding carboxylic acids is 3. The molecule has 1 aliphatic rings. The van der Waals surface area contributed by atoms with Crippen molar-refractivity contribution in [2.24, 2.45) is 5.92 Å². The Morgan fingerprint density at radius 3 is 2.77 bits per heavy atom. The number of aromatic nitrogens is 3. The molecule has 0 aliphatic carbocycles. The standard InChI is InChI=1S/C16H17FN6O3/c1-9(2)16(14(25)20-15(26)21-16)8-18-13(24)12-7-19-23(22-12)11-5-3-4-10(17)6-11/h3-7,9H,8H2,1-2H3,(H,18,24)(H2,20,21,25,26). The third kappa shape index (κ3) is 3.13. The first-order valence-corrected chi connectivity index (χ1v) is 7.92. The summed E-state index contributed by atoms with van der Waals surface area (Å²) in [5.74, 6) is -1.77. The van der Waals surface area contributed by atoms with Gasteiger partial charge in [-0.25, -0.2) is 9.18 Å². The van der Waals surface area contributed by atoms with Gasteiger partial charge in [-0.1, -0.05) is 19.9 Å². The Morgan fingerprint density at radius 2 is 2.15 bits per heavy atom. The minimum Gasteiger partial charge on any atom is -0.348 e. The molecule has 1 aromatic heterocycles. The number of carbonyl (C=O) groups is 3. The lowest BCUT2D eigenvalue weighted by molar-refractivity contribution is -0.125. The Kier molecular flexibility index (Phi) is 4.41. The highest BCUT2D eigenvalue weighted by molar-refractivity contribution is 6.07. The summed E-state index contributed by atoms with van der Waals surface area (Å²) < 4.78 is 13.3. The van der Waals surface area contributed by atoms with Crippen LogP contribution in [0.2, 0.25) is 0 Å². The quantitative estimate of drug-likeness (QED) is 0.666. The molecule has 1 unspecified atom stereocenters. The largest absolute Gasteiger partial charge is 0.348 e. The van der Waals surface area contributed by atoms with Crippen molar-refractivity contribution in [3.05, 3.63) is 42.0 Å². The number of rotatable bonds is 5. The summed E-state index contributed by atoms with van der Waals surface area (Å²) in [4.78, 5) is 37.0. The van der Waals surface area contributed by atoms with Crippen LogP contribution in [0, 0.1) is 11.7 Å². The third-order valence-electron chi connectivity index (χ3n) is 4.25. The van der Waals surface area contributed by atoms with E-state index in [-0.39, 0.29) is 18.2 Å². The molecule has 0 bridgehead atoms. The van der Waals surface area contributed by atoms with E-state index in [9.17, 15) is 18.8 Å². The third-order valence-corrected chi connectivity index (χ3v) is 4.25. The average Bonchev–Trinajstić information content (AvgIpc) is 3.18. The van der Waals surface area contributed by atoms with Crippen LogP contribution in [-0.2, 0) is 4.79 Å². The van der Waals surface area contributed by atoms with Gasteiger partial charge in [0.05, 0.1) is 18.4 Å². The van der Waals surface area contributed by atoms with E-state index in [2.05, 4.69) is 26.1 Å². The van der Waals surface area contributed by atoms with Crippen LogP contribution in [0.4, 0.5) is 9.18 Å². The molecule has 2 heterocycles. The molecule has 0 radical (unpaired) electrons. The second kappa shape index (κ2) is 6.54. The van der Waals surface area contributed by atoms with E-state index in [1.807, 2.05) is 0 Å². The lowest BCUT2D eigenvalue weighted by atomic mass is 9.86. The Labute approximate surface area is 147 Å². The molecule has 1 aliphatic heterocycles. The minimum absolute atomic E-state index is 0.00195. The fourth-order valence-corrected chi connectivity index (χ4v) is 2.64. The first-order valence-electron chi connectivity index (χ1n) is 7.92. The highest BCUT2D eigenvalue weighted by atomic mass is 19.1. The smallest absolute Gasteiger partial charge is 0.322 e. The predicted octanol–water partition coefficient (Wildman–Crippen LogP) is 0.370. The molecule has 3 N–H and O–H groups in total. The molecule has 9 nitrogen and oxygen atoms in total. The van der Waals surface area contributed by atoms with Crippen molar-refractivity contribution in [1.82, 2.24) is 30.9 Å². The fourth-order valence-electron chi connectivity index (χ4n) is 2.64. The lowest BCUT2D eigenvalue weighted by Gasteiger charge is -2.30. The van der Waals surface area contributed by atoms with Gasteiger partial charge in [0, 0.05) is 6.07 Å². The van der Waals surface area contributed by atoms with E-state index in [1.54, 1.807) is 19.9 Å². The highest BCUT2D eigenvalue weighted by Crippen LogP contribution is 2.20. The van der Waals surface area contributed by atoms with Crippen LogP contribution in [0.25, 0.3) is 5.69 Å². The van der Waals surface area contributed by atoms with Crippen molar-refractivity contribution >= 4 is 17.8 Å². The van der Waals surface area contributed by atoms with Crippen molar-refractivity contribution in [2.75, 3.05) is 6.54 Å². The molecule has 1 aromatic carbocycles. The maximum Gasteiger partial charge on any atom is 0.322 e. The van der Waals surface area contributed by atoms with Crippen molar-refractivity contribution in [3.63, 3.8) is 0 Å². The molecule has 0 saturated carbocycles. The highest BCUT2D eigenvalue weighted by Gasteiger charge is 2.48. The monoisotopic (exact) mass is 360 g/mol. The number of imide groups is 1. The maximum absolute atomic E-state index is 13.3. The number of halogens is 1. The second-order valence-corrected chi connectivity index (χ2v) is 6.22. The van der Waals surface area contributed by atoms with Gasteiger partial charge >= 0.3 is 6.03 Å². The van der Waals surface area contributed by atoms with Crippen LogP contribution in [-0.4, -0.2) is 44.9 Å². The van der Waals surface area contributed by atoms with Crippen LogP contribution >= 0.6 is 0 Å². The molecule has 1 atom stereocenters. The topological polar surface area (TPSA) is 118 Å². The Morgan fingerprint density at radius 1 is 1.38 bits per heavy atom. The predicted molar refractivity (Wildman–Crippen MR) is 87.9 cm³/mol. The van der Waals surface area contributed by atoms with Crippen LogP contribution in [0.5, 0.6) is 0 Å². The Balaban J connectivity index is 1.73. The normalized spacial score (nSPS) is 19.4. The Hall–Kier alpha value is -3.30. The van der Waals surface area contributed by atoms with Crippen molar-refractivity contribution < 1.29 is 18.8 Å². The molecule has 4 amide bonds. The first-order chi connectivity index (χ1) is 12.3. The number of hydrogen-bond donors (Lipinski definition) is 3. The summed E-state index contributed by atoms with van der Waals surface area (Å²) in [6.45, 7) is 3.42. The van der Waals surface area contributed by atoms with E-state index in [0.29, 0.717) is 5.69 Å². The summed E-state index contributed by atoms with van der Waals surface area (Å²) >= 11 is 0. The Bertz CT molecular complexity index is 880. The zero-order chi connectivity index (χ0) is 18.9. The summed E-state index contributed by atoms with van der Waals surface area (Å²) in [5, 5.41) is 15.3. The van der Waals surface area contributed by atoms with Crippen LogP contribution < -0.4 is 16.0 Å². The van der Waals surface area contributed by atoms with E-state index in [1.165, 1.54) is 24.4 Å². The van der Waals surface area contributed by atoms with Gasteiger partial charge in [-0.3, -0.25) is 14.9 Å². The second-order valence-electron chi connectivity index (χ2n) is 6.22. The van der Waals surface area contributed by atoms with Gasteiger partial charge in [0.1, 0.15) is 11.4 Å². The van der Waals surface area contributed by atoms with Crippen molar-refractivity contribution in [3.8, 4) is 5.69 Å². The SMILES string of the molecule is CC(C)C1(CNC(=O)c2cnn(-c3cccc(F)c3)n2)NC(=O)NC1=O. The van der Waals surface area contributed by atoms with Gasteiger partial charge in [0.25, 0.3) is 11.8 Å². The van der Waals surface area contributed by atoms with E-state index >= 15 is 0 Å². The van der Waals surface area contributed by atoms with E-state index in [0.717, 1.165) is 4.80 Å². The maximum atomic E-state index is 13.3. The van der Waals surface area contributed by atoms with Crippen LogP contribution in [0.15, 0.2) is 30.5 Å². The van der Waals surface area contributed by atoms with E-state index in [4.69, 9.17) is 0 Å². The molecule has 0 spiro atoms. The number of nitrogens with zero attached hydrogens (tertiary/aromatic N) is 3. The van der Waals surface area contributed by atoms with Gasteiger partial charge in [0.15, 0.2) is 5.69 Å². The van der Waals surface area contributed by atoms with Crippen LogP contribution in [0.1, 0.15) is 24.3 Å². The number of hydrogen-bond acceptors (Lipinski definition) is 5. The number of amides is 4. The molecule has 1 saturated heterocycles. The molecule has 10 heteroatoms. The van der Waals surface area contributed by atoms with Gasteiger partial charge < -0.3 is 10.6 Å². The summed E-state index contributed by atoms with van der Waals surface area (Å²) in [5.41, 5.74) is -0.867. The van der Waals surface area contributed by atoms with Crippen molar-refractivity contribution in [1.29, 1.82) is 0 Å². The number of urea groups is 1. The van der Waals surface area contributed by atoms with Gasteiger partial charge in [0.2, 0.25) is 0 Å². The molecule has 136 valence electrons. The van der Waals surface area contributed by atoms with Gasteiger partial charge in [-0.15, -0.1) is 5.10 Å². The van der Waals surface area contributed by atoms with Gasteiger partial charge in [-0.2, -0.15) is 9.90 Å². The lowest BCUT2D eigenvalue weighted by Crippen LogP contribution is -2.58. The molecular weight excluding hydrogens is 343 g/mol. The van der Waals surface area contributed by atoms with Crippen molar-refractivity contribution in [2.45, 2.75) is 19.4 Å². The zero-order valence-corrected chi connectivity index (χ0v) is 14.1. The summed E-state index contributed by atoms with van der Waals surface area (Å²) in [6.07, 6.45) is 1.23. The molecular formula is C16H17FN6O3. The molecule has 1 fully saturated rings. The van der Waals surface area contributed by atoms with Crippen LogP contribution in [0.3, 0.4) is 0 Å². The summed E-state index contributed by atoms with van der Waals surface area (Å²) in [7, 11) is 0. The first kappa shape index (κ1) is 17.5. The molecule has 3 rings (SSSR count). The average molecular weight is 360 g/mol. The molecule has 26 heavy (non-hydrogen) atoms. The zero-order valence-electron chi connectivity index (χ0n) is 14.1. The number of nitrogens with one attached hydrogen (secondary N) is 3. The fraction of sp³-hybridized carbons (Fsp3) is 0.312. The van der Waals surface area contributed by atoms with E-state index < -0.39 is 29.2 Å². The number of benzene rings is 1. The minimum atomic E-state index is -1.23.